The van der Waals surface area contributed by atoms with Crippen molar-refractivity contribution >= 4 is 10.9 Å². The number of rotatable bonds is 2. The van der Waals surface area contributed by atoms with Crippen molar-refractivity contribution in [3.63, 3.8) is 0 Å². The van der Waals surface area contributed by atoms with E-state index in [0.29, 0.717) is 0 Å². The zero-order valence-electron chi connectivity index (χ0n) is 11.6. The van der Waals surface area contributed by atoms with Crippen molar-refractivity contribution in [2.24, 2.45) is 0 Å². The van der Waals surface area contributed by atoms with Crippen LogP contribution < -0.4 is 9.47 Å². The molecule has 2 rings (SSSR count). The van der Waals surface area contributed by atoms with Crippen LogP contribution in [-0.4, -0.2) is 17.7 Å². The quantitative estimate of drug-likeness (QED) is 0.807. The molecule has 0 saturated carbocycles. The number of benzene rings is 1. The van der Waals surface area contributed by atoms with Crippen LogP contribution in [0.5, 0.6) is 11.5 Å². The van der Waals surface area contributed by atoms with Crippen LogP contribution in [0, 0.1) is 6.92 Å². The highest BCUT2D eigenvalue weighted by atomic mass is 16.5. The Balaban J connectivity index is 2.61. The second-order valence-corrected chi connectivity index (χ2v) is 5.31. The molecule has 0 atom stereocenters. The molecule has 0 spiro atoms. The molecule has 0 amide bonds. The van der Waals surface area contributed by atoms with E-state index in [1.54, 1.807) is 13.3 Å². The average Bonchev–Trinajstić information content (AvgIpc) is 2.28. The van der Waals surface area contributed by atoms with Gasteiger partial charge in [0, 0.05) is 17.1 Å². The SMILES string of the molecule is COc1ccc2c(OC(C)(C)C)ccnc2c1C. The van der Waals surface area contributed by atoms with Gasteiger partial charge in [-0.1, -0.05) is 0 Å². The Morgan fingerprint density at radius 1 is 1.06 bits per heavy atom. The Kier molecular flexibility index (Phi) is 3.16. The van der Waals surface area contributed by atoms with Crippen LogP contribution in [0.15, 0.2) is 24.4 Å². The lowest BCUT2D eigenvalue weighted by atomic mass is 10.1. The molecule has 96 valence electrons. The summed E-state index contributed by atoms with van der Waals surface area (Å²) in [5, 5.41) is 1.02. The summed E-state index contributed by atoms with van der Waals surface area (Å²) >= 11 is 0. The Labute approximate surface area is 108 Å². The molecule has 3 heteroatoms. The Hall–Kier alpha value is -1.77. The van der Waals surface area contributed by atoms with Crippen molar-refractivity contribution in [2.75, 3.05) is 7.11 Å². The first-order chi connectivity index (χ1) is 8.42. The van der Waals surface area contributed by atoms with Crippen LogP contribution in [0.1, 0.15) is 26.3 Å². The minimum absolute atomic E-state index is 0.220. The number of fused-ring (bicyclic) bond motifs is 1. The topological polar surface area (TPSA) is 31.4 Å². The van der Waals surface area contributed by atoms with Gasteiger partial charge in [0.05, 0.1) is 12.6 Å². The smallest absolute Gasteiger partial charge is 0.131 e. The largest absolute Gasteiger partial charge is 0.496 e. The van der Waals surface area contributed by atoms with Crippen molar-refractivity contribution in [1.29, 1.82) is 0 Å². The third-order valence-electron chi connectivity index (χ3n) is 2.71. The van der Waals surface area contributed by atoms with Crippen LogP contribution >= 0.6 is 0 Å². The molecule has 0 unspecified atom stereocenters. The van der Waals surface area contributed by atoms with Crippen molar-refractivity contribution in [3.05, 3.63) is 30.0 Å². The van der Waals surface area contributed by atoms with Crippen LogP contribution in [0.25, 0.3) is 10.9 Å². The third kappa shape index (κ3) is 2.40. The van der Waals surface area contributed by atoms with Crippen LogP contribution in [0.4, 0.5) is 0 Å². The second-order valence-electron chi connectivity index (χ2n) is 5.31. The monoisotopic (exact) mass is 245 g/mol. The fraction of sp³-hybridized carbons (Fsp3) is 0.400. The van der Waals surface area contributed by atoms with Crippen molar-refractivity contribution in [1.82, 2.24) is 4.98 Å². The van der Waals surface area contributed by atoms with E-state index < -0.39 is 0 Å². The molecule has 3 nitrogen and oxygen atoms in total. The van der Waals surface area contributed by atoms with E-state index in [1.807, 2.05) is 45.9 Å². The summed E-state index contributed by atoms with van der Waals surface area (Å²) in [6, 6.07) is 5.85. The standard InChI is InChI=1S/C15H19NO2/c1-10-12(17-5)7-6-11-13(18-15(2,3)4)8-9-16-14(10)11/h6-9H,1-5H3. The maximum Gasteiger partial charge on any atom is 0.131 e. The van der Waals surface area contributed by atoms with Gasteiger partial charge in [0.15, 0.2) is 0 Å². The molecule has 2 aromatic rings. The molecule has 0 saturated heterocycles. The average molecular weight is 245 g/mol. The molecular formula is C15H19NO2. The van der Waals surface area contributed by atoms with Gasteiger partial charge in [-0.05, 0) is 45.9 Å². The van der Waals surface area contributed by atoms with Crippen LogP contribution in [-0.2, 0) is 0 Å². The first-order valence-corrected chi connectivity index (χ1v) is 6.04. The van der Waals surface area contributed by atoms with Crippen LogP contribution in [0.3, 0.4) is 0 Å². The van der Waals surface area contributed by atoms with Gasteiger partial charge in [-0.15, -0.1) is 0 Å². The molecule has 0 aliphatic rings. The normalized spacial score (nSPS) is 11.6. The molecule has 1 aromatic carbocycles. The molecular weight excluding hydrogens is 226 g/mol. The molecule has 1 heterocycles. The number of aryl methyl sites for hydroxylation is 1. The minimum Gasteiger partial charge on any atom is -0.496 e. The highest BCUT2D eigenvalue weighted by molar-refractivity contribution is 5.89. The first-order valence-electron chi connectivity index (χ1n) is 6.04. The zero-order valence-corrected chi connectivity index (χ0v) is 11.6. The number of pyridine rings is 1. The zero-order chi connectivity index (χ0) is 13.3. The van der Waals surface area contributed by atoms with Gasteiger partial charge < -0.3 is 9.47 Å². The lowest BCUT2D eigenvalue weighted by Crippen LogP contribution is -2.23. The molecule has 0 N–H and O–H groups in total. The summed E-state index contributed by atoms with van der Waals surface area (Å²) in [6.07, 6.45) is 1.77. The fourth-order valence-corrected chi connectivity index (χ4v) is 1.96. The van der Waals surface area contributed by atoms with E-state index in [2.05, 4.69) is 4.98 Å². The predicted molar refractivity (Wildman–Crippen MR) is 73.4 cm³/mol. The number of hydrogen-bond acceptors (Lipinski definition) is 3. The molecule has 1 aromatic heterocycles. The maximum absolute atomic E-state index is 5.96. The summed E-state index contributed by atoms with van der Waals surface area (Å²) in [7, 11) is 1.67. The highest BCUT2D eigenvalue weighted by Gasteiger charge is 2.15. The van der Waals surface area contributed by atoms with E-state index in [9.17, 15) is 0 Å². The number of nitrogens with zero attached hydrogens (tertiary/aromatic N) is 1. The number of aromatic nitrogens is 1. The minimum atomic E-state index is -0.220. The Morgan fingerprint density at radius 3 is 2.39 bits per heavy atom. The summed E-state index contributed by atoms with van der Waals surface area (Å²) in [5.74, 6) is 1.71. The number of methoxy groups -OCH3 is 1. The van der Waals surface area contributed by atoms with Gasteiger partial charge in [0.2, 0.25) is 0 Å². The molecule has 0 aliphatic carbocycles. The van der Waals surface area contributed by atoms with Gasteiger partial charge in [-0.2, -0.15) is 0 Å². The molecule has 0 radical (unpaired) electrons. The van der Waals surface area contributed by atoms with Gasteiger partial charge in [0.1, 0.15) is 17.1 Å². The maximum atomic E-state index is 5.96. The molecule has 0 fully saturated rings. The highest BCUT2D eigenvalue weighted by Crippen LogP contribution is 2.32. The predicted octanol–water partition coefficient (Wildman–Crippen LogP) is 3.73. The fourth-order valence-electron chi connectivity index (χ4n) is 1.96. The Morgan fingerprint density at radius 2 is 1.78 bits per heavy atom. The summed E-state index contributed by atoms with van der Waals surface area (Å²) in [4.78, 5) is 4.42. The lowest BCUT2D eigenvalue weighted by molar-refractivity contribution is 0.133. The first kappa shape index (κ1) is 12.7. The van der Waals surface area contributed by atoms with Gasteiger partial charge >= 0.3 is 0 Å². The van der Waals surface area contributed by atoms with Crippen LogP contribution in [0.2, 0.25) is 0 Å². The van der Waals surface area contributed by atoms with E-state index >= 15 is 0 Å². The molecule has 0 bridgehead atoms. The van der Waals surface area contributed by atoms with E-state index in [-0.39, 0.29) is 5.60 Å². The number of ether oxygens (including phenoxy) is 2. The van der Waals surface area contributed by atoms with Gasteiger partial charge in [-0.3, -0.25) is 4.98 Å². The van der Waals surface area contributed by atoms with E-state index in [0.717, 1.165) is 28.0 Å². The van der Waals surface area contributed by atoms with Crippen molar-refractivity contribution in [2.45, 2.75) is 33.3 Å². The molecule has 0 aliphatic heterocycles. The van der Waals surface area contributed by atoms with Gasteiger partial charge in [-0.25, -0.2) is 0 Å². The van der Waals surface area contributed by atoms with Gasteiger partial charge in [0.25, 0.3) is 0 Å². The number of hydrogen-bond donors (Lipinski definition) is 0. The Bertz CT molecular complexity index is 570. The summed E-state index contributed by atoms with van der Waals surface area (Å²) in [6.45, 7) is 8.12. The van der Waals surface area contributed by atoms with Crippen molar-refractivity contribution < 1.29 is 9.47 Å². The lowest BCUT2D eigenvalue weighted by Gasteiger charge is -2.22. The summed E-state index contributed by atoms with van der Waals surface area (Å²) in [5.41, 5.74) is 1.74. The summed E-state index contributed by atoms with van der Waals surface area (Å²) < 4.78 is 11.3. The van der Waals surface area contributed by atoms with E-state index in [4.69, 9.17) is 9.47 Å². The van der Waals surface area contributed by atoms with E-state index in [1.165, 1.54) is 0 Å². The third-order valence-corrected chi connectivity index (χ3v) is 2.71. The molecule has 18 heavy (non-hydrogen) atoms. The van der Waals surface area contributed by atoms with Crippen molar-refractivity contribution in [3.8, 4) is 11.5 Å². The second kappa shape index (κ2) is 4.48.